The van der Waals surface area contributed by atoms with E-state index in [1.807, 2.05) is 38.1 Å². The summed E-state index contributed by atoms with van der Waals surface area (Å²) in [6.07, 6.45) is 0.779. The van der Waals surface area contributed by atoms with Gasteiger partial charge in [-0.25, -0.2) is 9.48 Å². The van der Waals surface area contributed by atoms with E-state index in [1.165, 1.54) is 4.68 Å². The normalized spacial score (nSPS) is 13.0. The summed E-state index contributed by atoms with van der Waals surface area (Å²) in [5, 5.41) is 5.02. The van der Waals surface area contributed by atoms with E-state index in [-0.39, 0.29) is 29.8 Å². The van der Waals surface area contributed by atoms with Gasteiger partial charge in [-0.3, -0.25) is 9.59 Å². The van der Waals surface area contributed by atoms with Crippen LogP contribution in [0.2, 0.25) is 0 Å². The zero-order valence-corrected chi connectivity index (χ0v) is 16.3. The van der Waals surface area contributed by atoms with Crippen LogP contribution in [-0.2, 0) is 16.0 Å². The highest BCUT2D eigenvalue weighted by atomic mass is 16.5. The van der Waals surface area contributed by atoms with Gasteiger partial charge in [-0.15, -0.1) is 0 Å². The number of benzene rings is 2. The molecule has 1 aliphatic rings. The van der Waals surface area contributed by atoms with Gasteiger partial charge in [0.1, 0.15) is 0 Å². The first-order chi connectivity index (χ1) is 14.0. The molecule has 1 amide bonds. The Bertz CT molecular complexity index is 1170. The number of para-hydroxylation sites is 1. The van der Waals surface area contributed by atoms with E-state index >= 15 is 0 Å². The molecule has 1 aliphatic heterocycles. The highest BCUT2D eigenvalue weighted by Gasteiger charge is 2.26. The molecule has 0 bridgehead atoms. The van der Waals surface area contributed by atoms with Gasteiger partial charge in [-0.1, -0.05) is 36.4 Å². The second-order valence-electron chi connectivity index (χ2n) is 7.24. The van der Waals surface area contributed by atoms with Crippen molar-refractivity contribution >= 4 is 28.3 Å². The summed E-state index contributed by atoms with van der Waals surface area (Å²) in [5.41, 5.74) is 1.72. The average molecular weight is 391 g/mol. The Morgan fingerprint density at radius 2 is 1.76 bits per heavy atom. The third-order valence-electron chi connectivity index (χ3n) is 5.03. The molecule has 0 atom stereocenters. The standard InChI is InChI=1S/C22H21N3O4/c1-14(2)25-21(27)17-9-5-4-8-16(17)20(23-25)22(28)29-13-19(26)24-12-11-15-7-3-6-10-18(15)24/h3-10,14H,11-13H2,1-2H3. The minimum Gasteiger partial charge on any atom is -0.451 e. The second-order valence-corrected chi connectivity index (χ2v) is 7.24. The molecule has 4 rings (SSSR count). The van der Waals surface area contributed by atoms with E-state index in [0.717, 1.165) is 17.7 Å². The summed E-state index contributed by atoms with van der Waals surface area (Å²) in [4.78, 5) is 39.6. The lowest BCUT2D eigenvalue weighted by Crippen LogP contribution is -2.34. The molecular formula is C22H21N3O4. The number of rotatable bonds is 4. The van der Waals surface area contributed by atoms with Gasteiger partial charge in [-0.2, -0.15) is 5.10 Å². The quantitative estimate of drug-likeness (QED) is 0.639. The molecule has 0 aliphatic carbocycles. The predicted octanol–water partition coefficient (Wildman–Crippen LogP) is 2.72. The number of hydrogen-bond acceptors (Lipinski definition) is 5. The molecule has 2 aromatic carbocycles. The Kier molecular flexibility index (Phi) is 4.88. The first-order valence-corrected chi connectivity index (χ1v) is 9.54. The summed E-state index contributed by atoms with van der Waals surface area (Å²) >= 11 is 0. The number of hydrogen-bond donors (Lipinski definition) is 0. The van der Waals surface area contributed by atoms with Crippen LogP contribution in [0, 0.1) is 0 Å². The molecule has 29 heavy (non-hydrogen) atoms. The molecule has 2 heterocycles. The van der Waals surface area contributed by atoms with Crippen LogP contribution in [0.5, 0.6) is 0 Å². The van der Waals surface area contributed by atoms with Gasteiger partial charge >= 0.3 is 5.97 Å². The van der Waals surface area contributed by atoms with Crippen molar-refractivity contribution in [1.82, 2.24) is 9.78 Å². The summed E-state index contributed by atoms with van der Waals surface area (Å²) < 4.78 is 6.55. The van der Waals surface area contributed by atoms with Crippen LogP contribution in [0.15, 0.2) is 53.3 Å². The smallest absolute Gasteiger partial charge is 0.359 e. The van der Waals surface area contributed by atoms with Crippen LogP contribution >= 0.6 is 0 Å². The summed E-state index contributed by atoms with van der Waals surface area (Å²) in [6.45, 7) is 3.80. The Morgan fingerprint density at radius 1 is 1.07 bits per heavy atom. The molecule has 0 saturated heterocycles. The minimum absolute atomic E-state index is 0.0310. The van der Waals surface area contributed by atoms with Crippen LogP contribution in [-0.4, -0.2) is 34.8 Å². The van der Waals surface area contributed by atoms with Gasteiger partial charge in [-0.05, 0) is 38.0 Å². The maximum Gasteiger partial charge on any atom is 0.359 e. The fourth-order valence-electron chi connectivity index (χ4n) is 3.58. The van der Waals surface area contributed by atoms with E-state index in [2.05, 4.69) is 5.10 Å². The first kappa shape index (κ1) is 18.9. The predicted molar refractivity (Wildman–Crippen MR) is 109 cm³/mol. The molecule has 1 aromatic heterocycles. The number of anilines is 1. The van der Waals surface area contributed by atoms with Crippen LogP contribution in [0.1, 0.15) is 35.9 Å². The van der Waals surface area contributed by atoms with Crippen molar-refractivity contribution in [1.29, 1.82) is 0 Å². The van der Waals surface area contributed by atoms with Crippen molar-refractivity contribution in [2.45, 2.75) is 26.3 Å². The zero-order chi connectivity index (χ0) is 20.5. The lowest BCUT2D eigenvalue weighted by molar-refractivity contribution is -0.121. The molecule has 0 spiro atoms. The van der Waals surface area contributed by atoms with Gasteiger partial charge in [0, 0.05) is 17.6 Å². The number of fused-ring (bicyclic) bond motifs is 2. The van der Waals surface area contributed by atoms with Crippen LogP contribution in [0.3, 0.4) is 0 Å². The monoisotopic (exact) mass is 391 g/mol. The largest absolute Gasteiger partial charge is 0.451 e. The second kappa shape index (κ2) is 7.50. The van der Waals surface area contributed by atoms with Crippen molar-refractivity contribution in [2.75, 3.05) is 18.1 Å². The molecule has 7 nitrogen and oxygen atoms in total. The van der Waals surface area contributed by atoms with Crippen molar-refractivity contribution in [3.05, 3.63) is 70.1 Å². The fraction of sp³-hybridized carbons (Fsp3) is 0.273. The summed E-state index contributed by atoms with van der Waals surface area (Å²) in [6, 6.07) is 14.2. The van der Waals surface area contributed by atoms with Crippen molar-refractivity contribution < 1.29 is 14.3 Å². The Morgan fingerprint density at radius 3 is 2.52 bits per heavy atom. The number of esters is 1. The molecule has 0 radical (unpaired) electrons. The number of aromatic nitrogens is 2. The Labute approximate surface area is 167 Å². The number of nitrogens with zero attached hydrogens (tertiary/aromatic N) is 3. The lowest BCUT2D eigenvalue weighted by Gasteiger charge is -2.17. The first-order valence-electron chi connectivity index (χ1n) is 9.54. The van der Waals surface area contributed by atoms with Gasteiger partial charge in [0.2, 0.25) is 0 Å². The molecule has 0 N–H and O–H groups in total. The van der Waals surface area contributed by atoms with Crippen LogP contribution < -0.4 is 10.5 Å². The highest BCUT2D eigenvalue weighted by molar-refractivity contribution is 6.03. The average Bonchev–Trinajstić information content (AvgIpc) is 3.16. The number of carbonyl (C=O) groups is 2. The van der Waals surface area contributed by atoms with E-state index < -0.39 is 5.97 Å². The molecule has 0 fully saturated rings. The number of ether oxygens (including phenoxy) is 1. The summed E-state index contributed by atoms with van der Waals surface area (Å²) in [7, 11) is 0. The third-order valence-corrected chi connectivity index (χ3v) is 5.03. The SMILES string of the molecule is CC(C)n1nc(C(=O)OCC(=O)N2CCc3ccccc32)c2ccccc2c1=O. The third kappa shape index (κ3) is 3.40. The Balaban J connectivity index is 1.58. The van der Waals surface area contributed by atoms with Gasteiger partial charge in [0.05, 0.1) is 11.4 Å². The van der Waals surface area contributed by atoms with Gasteiger partial charge < -0.3 is 9.64 Å². The van der Waals surface area contributed by atoms with E-state index in [4.69, 9.17) is 4.74 Å². The maximum atomic E-state index is 12.7. The highest BCUT2D eigenvalue weighted by Crippen LogP contribution is 2.27. The van der Waals surface area contributed by atoms with E-state index in [9.17, 15) is 14.4 Å². The molecule has 148 valence electrons. The molecule has 0 unspecified atom stereocenters. The maximum absolute atomic E-state index is 12.7. The molecular weight excluding hydrogens is 370 g/mol. The molecule has 3 aromatic rings. The van der Waals surface area contributed by atoms with Crippen molar-refractivity contribution in [3.63, 3.8) is 0 Å². The number of amides is 1. The summed E-state index contributed by atoms with van der Waals surface area (Å²) in [5.74, 6) is -1.01. The topological polar surface area (TPSA) is 81.5 Å². The van der Waals surface area contributed by atoms with Crippen LogP contribution in [0.25, 0.3) is 10.8 Å². The van der Waals surface area contributed by atoms with E-state index in [0.29, 0.717) is 17.3 Å². The minimum atomic E-state index is -0.726. The van der Waals surface area contributed by atoms with Crippen molar-refractivity contribution in [2.24, 2.45) is 0 Å². The van der Waals surface area contributed by atoms with Gasteiger partial charge in [0.15, 0.2) is 12.3 Å². The van der Waals surface area contributed by atoms with Gasteiger partial charge in [0.25, 0.3) is 11.5 Å². The van der Waals surface area contributed by atoms with E-state index in [1.54, 1.807) is 29.2 Å². The molecule has 7 heteroatoms. The lowest BCUT2D eigenvalue weighted by atomic mass is 10.1. The van der Waals surface area contributed by atoms with Crippen LogP contribution in [0.4, 0.5) is 5.69 Å². The fourth-order valence-corrected chi connectivity index (χ4v) is 3.58. The van der Waals surface area contributed by atoms with Crippen molar-refractivity contribution in [3.8, 4) is 0 Å². The molecule has 0 saturated carbocycles. The Hall–Kier alpha value is -3.48. The number of carbonyl (C=O) groups excluding carboxylic acids is 2. The zero-order valence-electron chi connectivity index (χ0n) is 16.3.